The summed E-state index contributed by atoms with van der Waals surface area (Å²) in [5.41, 5.74) is 4.50. The lowest BCUT2D eigenvalue weighted by atomic mass is 10.1. The number of fused-ring (bicyclic) bond motifs is 2. The molecule has 6 atom stereocenters. The van der Waals surface area contributed by atoms with Crippen LogP contribution in [-0.2, 0) is 65.5 Å². The van der Waals surface area contributed by atoms with Crippen LogP contribution in [0, 0.1) is 0 Å². The van der Waals surface area contributed by atoms with Gasteiger partial charge in [-0.3, -0.25) is 48.3 Å². The number of rotatable bonds is 24. The van der Waals surface area contributed by atoms with Crippen molar-refractivity contribution in [3.63, 3.8) is 0 Å². The predicted octanol–water partition coefficient (Wildman–Crippen LogP) is 5.02. The first-order valence-corrected chi connectivity index (χ1v) is 30.5. The molecule has 4 aliphatic rings. The van der Waals surface area contributed by atoms with E-state index in [0.29, 0.717) is 50.2 Å². The zero-order valence-electron chi connectivity index (χ0n) is 51.7. The number of aliphatic carboxylic acids is 1. The largest absolute Gasteiger partial charge is 0.480 e. The van der Waals surface area contributed by atoms with Gasteiger partial charge in [-0.15, -0.1) is 0 Å². The first-order chi connectivity index (χ1) is 45.1. The summed E-state index contributed by atoms with van der Waals surface area (Å²) in [6.07, 6.45) is 6.79. The molecule has 0 spiro atoms. The highest BCUT2D eigenvalue weighted by Crippen LogP contribution is 2.22. The summed E-state index contributed by atoms with van der Waals surface area (Å²) in [5, 5.41) is 30.1. The second-order valence-electron chi connectivity index (χ2n) is 21.8. The van der Waals surface area contributed by atoms with Gasteiger partial charge in [-0.1, -0.05) is 134 Å². The number of carbonyl (C=O) groups is 9. The van der Waals surface area contributed by atoms with Gasteiger partial charge in [0, 0.05) is 75.6 Å². The predicted molar refractivity (Wildman–Crippen MR) is 341 cm³/mol. The maximum absolute atomic E-state index is 13.8. The lowest BCUT2D eigenvalue weighted by Crippen LogP contribution is -2.52. The number of nitrogens with zero attached hydrogens (tertiary/aromatic N) is 4. The molecule has 0 radical (unpaired) electrons. The van der Waals surface area contributed by atoms with Crippen molar-refractivity contribution < 1.29 is 71.9 Å². The molecule has 25 nitrogen and oxygen atoms in total. The van der Waals surface area contributed by atoms with Crippen molar-refractivity contribution in [2.45, 2.75) is 89.4 Å². The maximum Gasteiger partial charge on any atom is 0.407 e. The number of cyclic esters (lactones) is 2. The zero-order valence-corrected chi connectivity index (χ0v) is 51.7. The summed E-state index contributed by atoms with van der Waals surface area (Å²) < 4.78 is 25.3. The number of benzene rings is 4. The van der Waals surface area contributed by atoms with Crippen molar-refractivity contribution in [1.82, 2.24) is 51.7 Å². The Morgan fingerprint density at radius 2 is 1.02 bits per heavy atom. The molecule has 3 unspecified atom stereocenters. The normalized spacial score (nSPS) is 19.4. The number of aromatic nitrogens is 2. The molecule has 25 heteroatoms. The van der Waals surface area contributed by atoms with Gasteiger partial charge in [-0.05, 0) is 71.9 Å². The highest BCUT2D eigenvalue weighted by Gasteiger charge is 2.39. The SMILES string of the molecule is C=CCOC(=O)N[C@H]1CC(=O)OC1OCC.CCOC1OC(=O)CC1NC(=O)CN1CC(CNCc2ccccc2)=CC[C@H](NC(=O)c2nccc3ccccc23)C1=O.O=C(O)CN1CC(CNCc2ccccc2)=CC[C@H](NC(=O)c2nccc3ccccc23)C1=O. The summed E-state index contributed by atoms with van der Waals surface area (Å²) in [5.74, 6) is -4.18. The first kappa shape index (κ1) is 68.7. The molecule has 10 rings (SSSR count). The van der Waals surface area contributed by atoms with Crippen LogP contribution in [0.25, 0.3) is 21.5 Å². The van der Waals surface area contributed by atoms with Gasteiger partial charge in [0.1, 0.15) is 48.7 Å². The van der Waals surface area contributed by atoms with E-state index in [4.69, 9.17) is 23.7 Å². The third-order valence-electron chi connectivity index (χ3n) is 15.0. The number of hydrogen-bond acceptors (Lipinski definition) is 18. The van der Waals surface area contributed by atoms with Crippen LogP contribution in [0.1, 0.15) is 71.6 Å². The van der Waals surface area contributed by atoms with Gasteiger partial charge in [-0.2, -0.15) is 0 Å². The van der Waals surface area contributed by atoms with Gasteiger partial charge in [0.25, 0.3) is 11.8 Å². The average molecular weight is 1270 g/mol. The molecule has 0 saturated carbocycles. The second-order valence-corrected chi connectivity index (χ2v) is 21.8. The van der Waals surface area contributed by atoms with Crippen LogP contribution >= 0.6 is 0 Å². The molecular formula is C68H76N10O15. The van der Waals surface area contributed by atoms with Gasteiger partial charge < -0.3 is 70.5 Å². The van der Waals surface area contributed by atoms with E-state index < -0.39 is 96.8 Å². The summed E-state index contributed by atoms with van der Waals surface area (Å²) in [6, 6.07) is 35.4. The smallest absolute Gasteiger partial charge is 0.407 e. The molecule has 6 aromatic rings. The van der Waals surface area contributed by atoms with Gasteiger partial charge in [0.2, 0.25) is 30.3 Å². The van der Waals surface area contributed by atoms with Crippen molar-refractivity contribution in [1.29, 1.82) is 0 Å². The van der Waals surface area contributed by atoms with Crippen LogP contribution in [-0.4, -0.2) is 174 Å². The van der Waals surface area contributed by atoms with Crippen molar-refractivity contribution in [3.8, 4) is 0 Å². The lowest BCUT2D eigenvalue weighted by molar-refractivity contribution is -0.165. The Balaban J connectivity index is 0.000000197. The van der Waals surface area contributed by atoms with Crippen LogP contribution < -0.4 is 31.9 Å². The number of amides is 6. The van der Waals surface area contributed by atoms with Gasteiger partial charge >= 0.3 is 24.0 Å². The fourth-order valence-corrected chi connectivity index (χ4v) is 10.6. The highest BCUT2D eigenvalue weighted by molar-refractivity contribution is 6.07. The number of pyridine rings is 2. The third kappa shape index (κ3) is 20.4. The van der Waals surface area contributed by atoms with E-state index in [9.17, 15) is 48.3 Å². The van der Waals surface area contributed by atoms with E-state index in [-0.39, 0.29) is 63.3 Å². The number of esters is 2. The van der Waals surface area contributed by atoms with E-state index in [0.717, 1.165) is 33.0 Å². The summed E-state index contributed by atoms with van der Waals surface area (Å²) >= 11 is 0. The molecule has 6 amide bonds. The van der Waals surface area contributed by atoms with E-state index in [1.54, 1.807) is 32.3 Å². The fourth-order valence-electron chi connectivity index (χ4n) is 10.6. The van der Waals surface area contributed by atoms with Crippen LogP contribution in [0.5, 0.6) is 0 Å². The van der Waals surface area contributed by atoms with Crippen molar-refractivity contribution in [3.05, 3.63) is 192 Å². The molecule has 4 aliphatic heterocycles. The van der Waals surface area contributed by atoms with E-state index in [1.807, 2.05) is 127 Å². The van der Waals surface area contributed by atoms with Crippen LogP contribution in [0.2, 0.25) is 0 Å². The van der Waals surface area contributed by atoms with E-state index in [1.165, 1.54) is 15.9 Å². The zero-order chi connectivity index (χ0) is 66.1. The number of carboxylic acid groups (broad SMARTS) is 1. The second kappa shape index (κ2) is 34.8. The Morgan fingerprint density at radius 3 is 1.47 bits per heavy atom. The topological polar surface area (TPSA) is 324 Å². The summed E-state index contributed by atoms with van der Waals surface area (Å²) in [7, 11) is 0. The molecule has 0 bridgehead atoms. The monoisotopic (exact) mass is 1270 g/mol. The number of carboxylic acids is 1. The van der Waals surface area contributed by atoms with Crippen LogP contribution in [0.4, 0.5) is 4.79 Å². The molecule has 93 heavy (non-hydrogen) atoms. The Labute approximate surface area is 537 Å². The molecule has 4 aromatic carbocycles. The van der Waals surface area contributed by atoms with E-state index >= 15 is 0 Å². The van der Waals surface area contributed by atoms with Crippen molar-refractivity contribution in [2.75, 3.05) is 59.1 Å². The van der Waals surface area contributed by atoms with E-state index in [2.05, 4.69) is 48.4 Å². The molecule has 6 heterocycles. The number of alkyl carbamates (subject to hydrolysis) is 1. The lowest BCUT2D eigenvalue weighted by Gasteiger charge is -2.26. The summed E-state index contributed by atoms with van der Waals surface area (Å²) in [4.78, 5) is 123. The minimum Gasteiger partial charge on any atom is -0.480 e. The summed E-state index contributed by atoms with van der Waals surface area (Å²) in [6.45, 7) is 9.74. The molecular weight excluding hydrogens is 1200 g/mol. The third-order valence-corrected chi connectivity index (χ3v) is 15.0. The minimum absolute atomic E-state index is 0.0182. The Kier molecular flexibility index (Phi) is 25.7. The molecule has 7 N–H and O–H groups in total. The molecule has 0 aliphatic carbocycles. The number of nitrogens with one attached hydrogen (secondary N) is 6. The van der Waals surface area contributed by atoms with Crippen molar-refractivity contribution >= 4 is 75.1 Å². The van der Waals surface area contributed by atoms with Gasteiger partial charge in [0.15, 0.2) is 0 Å². The highest BCUT2D eigenvalue weighted by atomic mass is 16.7. The molecule has 2 saturated heterocycles. The van der Waals surface area contributed by atoms with Gasteiger partial charge in [0.05, 0.1) is 19.4 Å². The van der Waals surface area contributed by atoms with Crippen LogP contribution in [0.15, 0.2) is 170 Å². The van der Waals surface area contributed by atoms with Crippen LogP contribution in [0.3, 0.4) is 0 Å². The Bertz CT molecular complexity index is 3670. The molecule has 2 aromatic heterocycles. The van der Waals surface area contributed by atoms with Crippen molar-refractivity contribution in [2.24, 2.45) is 0 Å². The standard InChI is InChI=1S/C32H35N5O6.C26H26N4O4.C10H15NO5/c1-2-42-32-26(16-28(39)43-32)35-27(38)20-37-19-22(18-33-17-21-8-4-3-5-9-21)12-13-25(31(37)41)36-30(40)29-24-11-7-6-10-23(24)14-15-34-29;31-23(32)17-30-16-19(15-27-14-18-6-2-1-3-7-18)10-11-22(26(30)34)29-25(33)24-21-9-5-4-8-20(21)12-13-28-24;1-3-5-15-10(13)11-7-6-8(12)16-9(7)14-4-2/h3-12,14-15,25-26,32-33H,2,13,16-20H2,1H3,(H,35,38)(H,36,40);1-10,12-13,22,27H,11,14-17H2,(H,29,33)(H,31,32);3,7,9H,1,4-6H2,2H3,(H,11,13)/t25-,26?,32?;22-;7-,9?/m000/s1. The minimum atomic E-state index is -1.10. The maximum atomic E-state index is 13.8. The number of hydrogen-bond donors (Lipinski definition) is 7. The molecule has 2 fully saturated rings. The van der Waals surface area contributed by atoms with Gasteiger partial charge in [-0.25, -0.2) is 4.79 Å². The fraction of sp³-hybridized carbons (Fsp3) is 0.338. The number of ether oxygens (including phenoxy) is 5. The quantitative estimate of drug-likeness (QED) is 0.0238. The Hall–Kier alpha value is -10.2. The average Bonchev–Trinajstić information content (AvgIpc) is 3.51. The number of carbonyl (C=O) groups excluding carboxylic acids is 8. The Morgan fingerprint density at radius 1 is 0.581 bits per heavy atom. The first-order valence-electron chi connectivity index (χ1n) is 30.5. The molecule has 488 valence electrons.